The van der Waals surface area contributed by atoms with Crippen LogP contribution in [0.2, 0.25) is 0 Å². The van der Waals surface area contributed by atoms with Crippen molar-refractivity contribution in [3.63, 3.8) is 0 Å². The molecule has 0 N–H and O–H groups in total. The lowest BCUT2D eigenvalue weighted by Gasteiger charge is -2.03. The van der Waals surface area contributed by atoms with Gasteiger partial charge in [-0.1, -0.05) is 0 Å². The molecular weight excluding hydrogens is 215 g/mol. The van der Waals surface area contributed by atoms with Crippen LogP contribution in [0.25, 0.3) is 0 Å². The molecule has 0 saturated carbocycles. The van der Waals surface area contributed by atoms with Crippen molar-refractivity contribution in [1.82, 2.24) is 0 Å². The third-order valence-electron chi connectivity index (χ3n) is 1.81. The molecule has 0 saturated heterocycles. The molecule has 1 rings (SSSR count). The van der Waals surface area contributed by atoms with Crippen molar-refractivity contribution in [3.8, 4) is 0 Å². The SMILES string of the molecule is Cc1cc(F)c(S(=O)(=O)Cl)cc1C. The number of halogens is 2. The lowest BCUT2D eigenvalue weighted by atomic mass is 10.1. The number of aryl methyl sites for hydroxylation is 2. The van der Waals surface area contributed by atoms with Crippen LogP contribution in [0.4, 0.5) is 4.39 Å². The van der Waals surface area contributed by atoms with Gasteiger partial charge in [0.1, 0.15) is 10.7 Å². The summed E-state index contributed by atoms with van der Waals surface area (Å²) in [6.45, 7) is 3.39. The third-order valence-corrected chi connectivity index (χ3v) is 3.15. The van der Waals surface area contributed by atoms with Gasteiger partial charge in [-0.25, -0.2) is 12.8 Å². The molecule has 2 nitrogen and oxygen atoms in total. The van der Waals surface area contributed by atoms with Crippen LogP contribution in [0, 0.1) is 19.7 Å². The zero-order valence-electron chi connectivity index (χ0n) is 7.14. The van der Waals surface area contributed by atoms with E-state index in [1.807, 2.05) is 0 Å². The van der Waals surface area contributed by atoms with Gasteiger partial charge in [0.25, 0.3) is 9.05 Å². The van der Waals surface area contributed by atoms with E-state index in [2.05, 4.69) is 0 Å². The molecule has 0 aliphatic heterocycles. The molecule has 1 aromatic carbocycles. The summed E-state index contributed by atoms with van der Waals surface area (Å²) in [5.41, 5.74) is 1.39. The average Bonchev–Trinajstić information content (AvgIpc) is 1.94. The standard InChI is InChI=1S/C8H8ClFO2S/c1-5-3-7(10)8(4-6(5)2)13(9,11)12/h3-4H,1-2H3. The summed E-state index contributed by atoms with van der Waals surface area (Å²) in [7, 11) is 1.04. The van der Waals surface area contributed by atoms with Crippen LogP contribution in [0.15, 0.2) is 17.0 Å². The lowest BCUT2D eigenvalue weighted by Crippen LogP contribution is -1.97. The summed E-state index contributed by atoms with van der Waals surface area (Å²) < 4.78 is 34.7. The molecule has 72 valence electrons. The highest BCUT2D eigenvalue weighted by Crippen LogP contribution is 2.22. The summed E-state index contributed by atoms with van der Waals surface area (Å²) in [6, 6.07) is 2.39. The first kappa shape index (κ1) is 10.5. The molecule has 13 heavy (non-hydrogen) atoms. The minimum absolute atomic E-state index is 0.461. The predicted octanol–water partition coefficient (Wildman–Crippen LogP) is 2.37. The Labute approximate surface area is 80.8 Å². The van der Waals surface area contributed by atoms with Gasteiger partial charge in [0.05, 0.1) is 0 Å². The van der Waals surface area contributed by atoms with E-state index in [0.29, 0.717) is 11.1 Å². The summed E-state index contributed by atoms with van der Waals surface area (Å²) in [6.07, 6.45) is 0. The van der Waals surface area contributed by atoms with E-state index >= 15 is 0 Å². The second-order valence-electron chi connectivity index (χ2n) is 2.80. The minimum atomic E-state index is -3.98. The fourth-order valence-corrected chi connectivity index (χ4v) is 1.91. The highest BCUT2D eigenvalue weighted by molar-refractivity contribution is 8.13. The fraction of sp³-hybridized carbons (Fsp3) is 0.250. The van der Waals surface area contributed by atoms with Crippen LogP contribution < -0.4 is 0 Å². The Hall–Kier alpha value is -0.610. The normalized spacial score (nSPS) is 11.7. The van der Waals surface area contributed by atoms with Crippen molar-refractivity contribution in [3.05, 3.63) is 29.1 Å². The molecule has 0 aliphatic rings. The molecular formula is C8H8ClFO2S. The highest BCUT2D eigenvalue weighted by Gasteiger charge is 2.16. The second kappa shape index (κ2) is 3.27. The molecule has 0 spiro atoms. The van der Waals surface area contributed by atoms with Crippen molar-refractivity contribution in [2.24, 2.45) is 0 Å². The van der Waals surface area contributed by atoms with E-state index in [9.17, 15) is 12.8 Å². The van der Waals surface area contributed by atoms with Gasteiger partial charge >= 0.3 is 0 Å². The number of hydrogen-bond donors (Lipinski definition) is 0. The van der Waals surface area contributed by atoms with Crippen molar-refractivity contribution >= 4 is 19.7 Å². The first-order valence-electron chi connectivity index (χ1n) is 3.54. The summed E-state index contributed by atoms with van der Waals surface area (Å²) >= 11 is 0. The van der Waals surface area contributed by atoms with Crippen LogP contribution in [0.1, 0.15) is 11.1 Å². The summed E-state index contributed by atoms with van der Waals surface area (Å²) in [5, 5.41) is 0. The monoisotopic (exact) mass is 222 g/mol. The summed E-state index contributed by atoms with van der Waals surface area (Å²) in [4.78, 5) is -0.461. The zero-order chi connectivity index (χ0) is 10.2. The van der Waals surface area contributed by atoms with Gasteiger partial charge in [-0.3, -0.25) is 0 Å². The van der Waals surface area contributed by atoms with Crippen molar-refractivity contribution in [1.29, 1.82) is 0 Å². The van der Waals surface area contributed by atoms with Crippen molar-refractivity contribution < 1.29 is 12.8 Å². The lowest BCUT2D eigenvalue weighted by molar-refractivity contribution is 0.574. The van der Waals surface area contributed by atoms with E-state index in [4.69, 9.17) is 10.7 Å². The van der Waals surface area contributed by atoms with Gasteiger partial charge in [-0.15, -0.1) is 0 Å². The maximum atomic E-state index is 13.1. The van der Waals surface area contributed by atoms with Crippen molar-refractivity contribution in [2.45, 2.75) is 18.7 Å². The van der Waals surface area contributed by atoms with Crippen molar-refractivity contribution in [2.75, 3.05) is 0 Å². The molecule has 0 heterocycles. The largest absolute Gasteiger partial charge is 0.264 e. The maximum Gasteiger partial charge on any atom is 0.264 e. The van der Waals surface area contributed by atoms with Gasteiger partial charge in [-0.05, 0) is 37.1 Å². The Morgan fingerprint density at radius 2 is 1.69 bits per heavy atom. The quantitative estimate of drug-likeness (QED) is 0.684. The Morgan fingerprint density at radius 3 is 2.15 bits per heavy atom. The van der Waals surface area contributed by atoms with Crippen LogP contribution in [0.3, 0.4) is 0 Å². The first-order valence-corrected chi connectivity index (χ1v) is 5.84. The molecule has 0 unspecified atom stereocenters. The van der Waals surface area contributed by atoms with Crippen LogP contribution in [0.5, 0.6) is 0 Å². The smallest absolute Gasteiger partial charge is 0.207 e. The third kappa shape index (κ3) is 2.19. The van der Waals surface area contributed by atoms with Crippen LogP contribution in [-0.2, 0) is 9.05 Å². The van der Waals surface area contributed by atoms with Crippen LogP contribution in [-0.4, -0.2) is 8.42 Å². The maximum absolute atomic E-state index is 13.1. The minimum Gasteiger partial charge on any atom is -0.207 e. The van der Waals surface area contributed by atoms with E-state index in [1.165, 1.54) is 6.07 Å². The fourth-order valence-electron chi connectivity index (χ4n) is 0.941. The van der Waals surface area contributed by atoms with Gasteiger partial charge in [0.2, 0.25) is 0 Å². The Morgan fingerprint density at radius 1 is 1.23 bits per heavy atom. The second-order valence-corrected chi connectivity index (χ2v) is 5.34. The highest BCUT2D eigenvalue weighted by atomic mass is 35.7. The molecule has 0 atom stereocenters. The Kier molecular flexibility index (Phi) is 2.63. The molecule has 0 amide bonds. The average molecular weight is 223 g/mol. The zero-order valence-corrected chi connectivity index (χ0v) is 8.71. The van der Waals surface area contributed by atoms with E-state index < -0.39 is 19.8 Å². The van der Waals surface area contributed by atoms with Crippen LogP contribution >= 0.6 is 10.7 Å². The van der Waals surface area contributed by atoms with Gasteiger partial charge in [0.15, 0.2) is 0 Å². The summed E-state index contributed by atoms with van der Waals surface area (Å²) in [5.74, 6) is -0.807. The van der Waals surface area contributed by atoms with E-state index in [-0.39, 0.29) is 0 Å². The molecule has 1 aromatic rings. The van der Waals surface area contributed by atoms with E-state index in [0.717, 1.165) is 6.07 Å². The Bertz CT molecular complexity index is 440. The van der Waals surface area contributed by atoms with Gasteiger partial charge in [-0.2, -0.15) is 0 Å². The molecule has 0 aromatic heterocycles. The topological polar surface area (TPSA) is 34.1 Å². The molecule has 0 bridgehead atoms. The van der Waals surface area contributed by atoms with Gasteiger partial charge in [0, 0.05) is 10.7 Å². The number of benzene rings is 1. The number of hydrogen-bond acceptors (Lipinski definition) is 2. The molecule has 5 heteroatoms. The Balaban J connectivity index is 3.50. The van der Waals surface area contributed by atoms with E-state index in [1.54, 1.807) is 13.8 Å². The molecule has 0 aliphatic carbocycles. The molecule has 0 radical (unpaired) electrons. The first-order chi connectivity index (χ1) is 5.82. The molecule has 0 fully saturated rings. The van der Waals surface area contributed by atoms with Gasteiger partial charge < -0.3 is 0 Å². The number of rotatable bonds is 1. The predicted molar refractivity (Wildman–Crippen MR) is 48.9 cm³/mol.